The molecule has 0 bridgehead atoms. The van der Waals surface area contributed by atoms with Gasteiger partial charge in [0, 0.05) is 18.8 Å². The van der Waals surface area contributed by atoms with Crippen LogP contribution in [0.4, 0.5) is 5.69 Å². The summed E-state index contributed by atoms with van der Waals surface area (Å²) in [5, 5.41) is 9.32. The number of nitrogens with two attached hydrogens (primary N) is 2. The molecule has 2 aliphatic rings. The number of sulfonamides is 1. The van der Waals surface area contributed by atoms with Crippen LogP contribution in [0.15, 0.2) is 27.6 Å². The second kappa shape index (κ2) is 6.31. The topological polar surface area (TPSA) is 138 Å². The first-order valence-corrected chi connectivity index (χ1v) is 10.0. The van der Waals surface area contributed by atoms with Crippen molar-refractivity contribution in [3.05, 3.63) is 24.0 Å². The summed E-state index contributed by atoms with van der Waals surface area (Å²) in [6.07, 6.45) is 2.64. The molecule has 1 saturated carbocycles. The maximum absolute atomic E-state index is 11.8. The van der Waals surface area contributed by atoms with Gasteiger partial charge < -0.3 is 19.9 Å². The van der Waals surface area contributed by atoms with E-state index < -0.39 is 15.6 Å². The molecule has 10 heteroatoms. The number of aromatic nitrogens is 2. The third-order valence-electron chi connectivity index (χ3n) is 5.00. The van der Waals surface area contributed by atoms with E-state index in [1.54, 1.807) is 6.07 Å². The minimum atomic E-state index is -3.85. The number of hydrogen-bond acceptors (Lipinski definition) is 8. The Morgan fingerprint density at radius 2 is 1.92 bits per heavy atom. The number of anilines is 1. The van der Waals surface area contributed by atoms with Crippen LogP contribution in [0.2, 0.25) is 0 Å². The summed E-state index contributed by atoms with van der Waals surface area (Å²) in [6.45, 7) is 2.56. The molecular weight excluding hydrogens is 358 g/mol. The third-order valence-corrected chi connectivity index (χ3v) is 5.91. The molecule has 2 fully saturated rings. The Bertz CT molecular complexity index is 916. The molecule has 140 valence electrons. The summed E-state index contributed by atoms with van der Waals surface area (Å²) < 4.78 is 34.4. The molecule has 1 aliphatic carbocycles. The van der Waals surface area contributed by atoms with Crippen molar-refractivity contribution >= 4 is 15.7 Å². The fraction of sp³-hybridized carbons (Fsp3) is 0.500. The van der Waals surface area contributed by atoms with Gasteiger partial charge in [-0.2, -0.15) is 4.98 Å². The Kier molecular flexibility index (Phi) is 4.22. The molecular formula is C16H21N5O4S. The van der Waals surface area contributed by atoms with Crippen molar-refractivity contribution in [3.63, 3.8) is 0 Å². The van der Waals surface area contributed by atoms with Crippen LogP contribution in [0.3, 0.4) is 0 Å². The van der Waals surface area contributed by atoms with Crippen molar-refractivity contribution in [1.29, 1.82) is 0 Å². The number of morpholine rings is 1. The van der Waals surface area contributed by atoms with Crippen molar-refractivity contribution in [1.82, 2.24) is 10.1 Å². The fourth-order valence-electron chi connectivity index (χ4n) is 3.26. The first-order valence-electron chi connectivity index (χ1n) is 8.50. The van der Waals surface area contributed by atoms with E-state index in [1.807, 2.05) is 0 Å². The van der Waals surface area contributed by atoms with Gasteiger partial charge in [-0.25, -0.2) is 13.6 Å². The van der Waals surface area contributed by atoms with Crippen LogP contribution < -0.4 is 15.8 Å². The lowest BCUT2D eigenvalue weighted by Gasteiger charge is -2.34. The summed E-state index contributed by atoms with van der Waals surface area (Å²) in [5.74, 6) is 0.691. The van der Waals surface area contributed by atoms with Crippen molar-refractivity contribution in [3.8, 4) is 11.5 Å². The summed E-state index contributed by atoms with van der Waals surface area (Å²) in [5.41, 5.74) is 7.04. The average molecular weight is 379 g/mol. The van der Waals surface area contributed by atoms with Gasteiger partial charge in [-0.3, -0.25) is 0 Å². The molecule has 0 atom stereocenters. The van der Waals surface area contributed by atoms with Gasteiger partial charge in [0.15, 0.2) is 5.82 Å². The molecule has 4 rings (SSSR count). The first-order chi connectivity index (χ1) is 12.4. The maximum Gasteiger partial charge on any atom is 0.260 e. The molecule has 1 aromatic carbocycles. The van der Waals surface area contributed by atoms with Crippen molar-refractivity contribution in [2.24, 2.45) is 10.9 Å². The van der Waals surface area contributed by atoms with Crippen LogP contribution in [-0.2, 0) is 20.3 Å². The molecule has 1 aliphatic heterocycles. The quantitative estimate of drug-likeness (QED) is 0.786. The van der Waals surface area contributed by atoms with Crippen LogP contribution in [0.1, 0.15) is 25.1 Å². The largest absolute Gasteiger partial charge is 0.378 e. The summed E-state index contributed by atoms with van der Waals surface area (Å²) in [7, 11) is -3.85. The molecule has 1 saturated heterocycles. The van der Waals surface area contributed by atoms with Gasteiger partial charge in [-0.05, 0) is 37.5 Å². The van der Waals surface area contributed by atoms with E-state index >= 15 is 0 Å². The van der Waals surface area contributed by atoms with Gasteiger partial charge in [-0.1, -0.05) is 5.16 Å². The minimum absolute atomic E-state index is 0.00429. The second-order valence-electron chi connectivity index (χ2n) is 6.76. The Morgan fingerprint density at radius 3 is 2.54 bits per heavy atom. The lowest BCUT2D eigenvalue weighted by Crippen LogP contribution is -2.44. The van der Waals surface area contributed by atoms with Crippen LogP contribution >= 0.6 is 0 Å². The zero-order chi connectivity index (χ0) is 18.4. The van der Waals surface area contributed by atoms with Gasteiger partial charge in [-0.15, -0.1) is 0 Å². The number of ether oxygens (including phenoxy) is 1. The van der Waals surface area contributed by atoms with Gasteiger partial charge in [0.2, 0.25) is 10.0 Å². The van der Waals surface area contributed by atoms with Gasteiger partial charge in [0.25, 0.3) is 5.89 Å². The van der Waals surface area contributed by atoms with E-state index in [9.17, 15) is 8.42 Å². The van der Waals surface area contributed by atoms with Gasteiger partial charge >= 0.3 is 0 Å². The number of hydrogen-bond donors (Lipinski definition) is 2. The SMILES string of the molecule is NC1(c2noc(-c3cc(S(N)(=O)=O)ccc3N3CCOCC3)n2)CCC1. The third kappa shape index (κ3) is 3.09. The minimum Gasteiger partial charge on any atom is -0.378 e. The molecule has 26 heavy (non-hydrogen) atoms. The van der Waals surface area contributed by atoms with Crippen molar-refractivity contribution < 1.29 is 17.7 Å². The van der Waals surface area contributed by atoms with Crippen LogP contribution in [0.5, 0.6) is 0 Å². The van der Waals surface area contributed by atoms with Crippen LogP contribution in [0.25, 0.3) is 11.5 Å². The van der Waals surface area contributed by atoms with Crippen molar-refractivity contribution in [2.75, 3.05) is 31.2 Å². The standard InChI is InChI=1S/C16H21N5O4S/c17-16(4-1-5-16)15-19-14(25-20-15)12-10-11(26(18,22)23)2-3-13(12)21-6-8-24-9-7-21/h2-3,10H,1,4-9,17H2,(H2,18,22,23). The molecule has 0 radical (unpaired) electrons. The summed E-state index contributed by atoms with van der Waals surface area (Å²) in [6, 6.07) is 4.67. The van der Waals surface area contributed by atoms with Crippen molar-refractivity contribution in [2.45, 2.75) is 29.7 Å². The number of benzene rings is 1. The highest BCUT2D eigenvalue weighted by Crippen LogP contribution is 2.39. The highest BCUT2D eigenvalue weighted by Gasteiger charge is 2.39. The Balaban J connectivity index is 1.79. The van der Waals surface area contributed by atoms with E-state index in [0.717, 1.165) is 24.9 Å². The molecule has 0 spiro atoms. The number of nitrogens with zero attached hydrogens (tertiary/aromatic N) is 3. The highest BCUT2D eigenvalue weighted by atomic mass is 32.2. The van der Waals surface area contributed by atoms with E-state index in [2.05, 4.69) is 15.0 Å². The average Bonchev–Trinajstić information content (AvgIpc) is 3.09. The molecule has 0 amide bonds. The maximum atomic E-state index is 11.8. The van der Waals surface area contributed by atoms with Crippen LogP contribution in [-0.4, -0.2) is 44.9 Å². The molecule has 0 unspecified atom stereocenters. The van der Waals surface area contributed by atoms with Gasteiger partial charge in [0.1, 0.15) is 0 Å². The van der Waals surface area contributed by atoms with Crippen LogP contribution in [0, 0.1) is 0 Å². The lowest BCUT2D eigenvalue weighted by atomic mass is 9.77. The molecule has 4 N–H and O–H groups in total. The Labute approximate surface area is 151 Å². The lowest BCUT2D eigenvalue weighted by molar-refractivity contribution is 0.122. The normalized spacial score (nSPS) is 20.0. The van der Waals surface area contributed by atoms with E-state index in [1.165, 1.54) is 12.1 Å². The molecule has 2 aromatic rings. The Morgan fingerprint density at radius 1 is 1.19 bits per heavy atom. The smallest absolute Gasteiger partial charge is 0.260 e. The molecule has 1 aromatic heterocycles. The monoisotopic (exact) mass is 379 g/mol. The number of rotatable bonds is 4. The second-order valence-corrected chi connectivity index (χ2v) is 8.32. The van der Waals surface area contributed by atoms with E-state index in [0.29, 0.717) is 37.7 Å². The molecule has 2 heterocycles. The molecule has 9 nitrogen and oxygen atoms in total. The zero-order valence-corrected chi connectivity index (χ0v) is 15.0. The van der Waals surface area contributed by atoms with E-state index in [-0.39, 0.29) is 10.8 Å². The fourth-order valence-corrected chi connectivity index (χ4v) is 3.80. The first kappa shape index (κ1) is 17.4. The number of primary sulfonamides is 1. The summed E-state index contributed by atoms with van der Waals surface area (Å²) in [4.78, 5) is 6.55. The predicted molar refractivity (Wildman–Crippen MR) is 93.9 cm³/mol. The van der Waals surface area contributed by atoms with E-state index in [4.69, 9.17) is 20.1 Å². The summed E-state index contributed by atoms with van der Waals surface area (Å²) >= 11 is 0. The highest BCUT2D eigenvalue weighted by molar-refractivity contribution is 7.89. The zero-order valence-electron chi connectivity index (χ0n) is 14.2. The Hall–Kier alpha value is -2.01. The predicted octanol–water partition coefficient (Wildman–Crippen LogP) is 0.558. The van der Waals surface area contributed by atoms with Gasteiger partial charge in [0.05, 0.1) is 29.2 Å².